The number of amides is 1. The molecule has 1 aromatic carbocycles. The van der Waals surface area contributed by atoms with Crippen molar-refractivity contribution in [3.8, 4) is 0 Å². The van der Waals surface area contributed by atoms with Gasteiger partial charge in [-0.1, -0.05) is 12.1 Å². The highest BCUT2D eigenvalue weighted by atomic mass is 19.1. The fourth-order valence-corrected chi connectivity index (χ4v) is 3.38. The van der Waals surface area contributed by atoms with Gasteiger partial charge in [0.05, 0.1) is 5.69 Å². The summed E-state index contributed by atoms with van der Waals surface area (Å²) in [6.45, 7) is 4.43. The van der Waals surface area contributed by atoms with Crippen molar-refractivity contribution >= 4 is 16.9 Å². The molecule has 1 atom stereocenters. The van der Waals surface area contributed by atoms with E-state index < -0.39 is 5.82 Å². The molecule has 1 N–H and O–H groups in total. The molecule has 5 nitrogen and oxygen atoms in total. The number of benzene rings is 1. The van der Waals surface area contributed by atoms with Crippen LogP contribution < -0.4 is 5.32 Å². The second kappa shape index (κ2) is 5.47. The first-order chi connectivity index (χ1) is 11.5. The topological polar surface area (TPSA) is 60.1 Å². The summed E-state index contributed by atoms with van der Waals surface area (Å²) in [7, 11) is 0. The molecule has 1 aliphatic heterocycles. The third kappa shape index (κ3) is 2.38. The summed E-state index contributed by atoms with van der Waals surface area (Å²) in [5.74, 6) is 0.488. The Labute approximate surface area is 138 Å². The molecular formula is C18H18FN3O2. The average molecular weight is 327 g/mol. The molecule has 0 spiro atoms. The van der Waals surface area contributed by atoms with Crippen molar-refractivity contribution in [3.63, 3.8) is 0 Å². The molecule has 3 heterocycles. The molecule has 0 fully saturated rings. The average Bonchev–Trinajstić information content (AvgIpc) is 3.08. The van der Waals surface area contributed by atoms with Crippen LogP contribution in [-0.2, 0) is 13.0 Å². The van der Waals surface area contributed by atoms with E-state index in [9.17, 15) is 9.18 Å². The highest BCUT2D eigenvalue weighted by Gasteiger charge is 2.25. The van der Waals surface area contributed by atoms with Crippen LogP contribution in [-0.4, -0.2) is 21.5 Å². The minimum Gasteiger partial charge on any atom is -0.448 e. The van der Waals surface area contributed by atoms with Crippen LogP contribution in [0.15, 0.2) is 28.8 Å². The second-order valence-corrected chi connectivity index (χ2v) is 6.33. The van der Waals surface area contributed by atoms with E-state index in [0.29, 0.717) is 17.5 Å². The summed E-state index contributed by atoms with van der Waals surface area (Å²) < 4.78 is 21.4. The van der Waals surface area contributed by atoms with Gasteiger partial charge >= 0.3 is 0 Å². The maximum Gasteiger partial charge on any atom is 0.287 e. The van der Waals surface area contributed by atoms with Crippen LogP contribution in [0.4, 0.5) is 4.39 Å². The summed E-state index contributed by atoms with van der Waals surface area (Å²) in [5, 5.41) is 3.64. The molecule has 1 aliphatic rings. The van der Waals surface area contributed by atoms with Crippen LogP contribution in [0, 0.1) is 19.7 Å². The minimum atomic E-state index is -0.453. The van der Waals surface area contributed by atoms with Crippen LogP contribution in [0.3, 0.4) is 0 Å². The Balaban J connectivity index is 1.57. The first kappa shape index (κ1) is 14.9. The summed E-state index contributed by atoms with van der Waals surface area (Å²) in [6, 6.07) is 4.72. The SMILES string of the molecule is Cc1cn2c(n1)CCC(NC(=O)c1oc3c(F)cccc3c1C)C2. The first-order valence-electron chi connectivity index (χ1n) is 8.04. The van der Waals surface area contributed by atoms with Crippen molar-refractivity contribution in [3.05, 3.63) is 53.1 Å². The van der Waals surface area contributed by atoms with E-state index in [1.807, 2.05) is 13.1 Å². The molecule has 1 unspecified atom stereocenters. The highest BCUT2D eigenvalue weighted by molar-refractivity contribution is 5.99. The molecule has 124 valence electrons. The van der Waals surface area contributed by atoms with Gasteiger partial charge in [-0.2, -0.15) is 0 Å². The van der Waals surface area contributed by atoms with Crippen LogP contribution in [0.25, 0.3) is 11.0 Å². The van der Waals surface area contributed by atoms with Gasteiger partial charge in [-0.05, 0) is 26.3 Å². The molecular weight excluding hydrogens is 309 g/mol. The maximum atomic E-state index is 13.8. The van der Waals surface area contributed by atoms with Crippen molar-refractivity contribution in [1.82, 2.24) is 14.9 Å². The zero-order valence-electron chi connectivity index (χ0n) is 13.6. The van der Waals surface area contributed by atoms with E-state index in [1.165, 1.54) is 6.07 Å². The summed E-state index contributed by atoms with van der Waals surface area (Å²) in [5.41, 5.74) is 1.79. The van der Waals surface area contributed by atoms with Gasteiger partial charge in [-0.3, -0.25) is 4.79 Å². The number of halogens is 1. The number of rotatable bonds is 2. The lowest BCUT2D eigenvalue weighted by molar-refractivity contribution is 0.0900. The van der Waals surface area contributed by atoms with E-state index in [4.69, 9.17) is 4.42 Å². The number of furan rings is 1. The molecule has 0 aliphatic carbocycles. The normalized spacial score (nSPS) is 17.0. The number of aryl methyl sites for hydroxylation is 3. The van der Waals surface area contributed by atoms with Crippen LogP contribution >= 0.6 is 0 Å². The third-order valence-electron chi connectivity index (χ3n) is 4.57. The second-order valence-electron chi connectivity index (χ2n) is 6.33. The van der Waals surface area contributed by atoms with Gasteiger partial charge in [0, 0.05) is 36.2 Å². The Kier molecular flexibility index (Phi) is 3.40. The Morgan fingerprint density at radius 2 is 2.25 bits per heavy atom. The number of para-hydroxylation sites is 1. The van der Waals surface area contributed by atoms with Gasteiger partial charge in [0.2, 0.25) is 0 Å². The lowest BCUT2D eigenvalue weighted by Gasteiger charge is -2.24. The maximum absolute atomic E-state index is 13.8. The number of nitrogens with zero attached hydrogens (tertiary/aromatic N) is 2. The van der Waals surface area contributed by atoms with E-state index in [1.54, 1.807) is 19.1 Å². The zero-order chi connectivity index (χ0) is 16.8. The van der Waals surface area contributed by atoms with E-state index >= 15 is 0 Å². The Morgan fingerprint density at radius 3 is 3.04 bits per heavy atom. The number of carbonyl (C=O) groups excluding carboxylic acids is 1. The third-order valence-corrected chi connectivity index (χ3v) is 4.57. The molecule has 0 saturated carbocycles. The first-order valence-corrected chi connectivity index (χ1v) is 8.04. The summed E-state index contributed by atoms with van der Waals surface area (Å²) >= 11 is 0. The number of aromatic nitrogens is 2. The molecule has 4 rings (SSSR count). The quantitative estimate of drug-likeness (QED) is 0.787. The highest BCUT2D eigenvalue weighted by Crippen LogP contribution is 2.27. The number of nitrogens with one attached hydrogen (secondary N) is 1. The standard InChI is InChI=1S/C18H18FN3O2/c1-10-8-22-9-12(6-7-15(22)20-10)21-18(23)16-11(2)13-4-3-5-14(19)17(13)24-16/h3-5,8,12H,6-7,9H2,1-2H3,(H,21,23). The predicted molar refractivity (Wildman–Crippen MR) is 87.4 cm³/mol. The van der Waals surface area contributed by atoms with Gasteiger partial charge in [-0.25, -0.2) is 9.37 Å². The molecule has 2 aromatic heterocycles. The molecule has 24 heavy (non-hydrogen) atoms. The summed E-state index contributed by atoms with van der Waals surface area (Å²) in [6.07, 6.45) is 3.65. The van der Waals surface area contributed by atoms with Gasteiger partial charge in [0.15, 0.2) is 17.2 Å². The van der Waals surface area contributed by atoms with Gasteiger partial charge in [-0.15, -0.1) is 0 Å². The van der Waals surface area contributed by atoms with Crippen molar-refractivity contribution in [2.45, 2.75) is 39.3 Å². The number of hydrogen-bond donors (Lipinski definition) is 1. The van der Waals surface area contributed by atoms with Crippen molar-refractivity contribution in [2.24, 2.45) is 0 Å². The van der Waals surface area contributed by atoms with Gasteiger partial charge in [0.25, 0.3) is 5.91 Å². The molecule has 3 aromatic rings. The molecule has 0 bridgehead atoms. The van der Waals surface area contributed by atoms with Gasteiger partial charge in [0.1, 0.15) is 5.82 Å². The van der Waals surface area contributed by atoms with Crippen molar-refractivity contribution in [2.75, 3.05) is 0 Å². The predicted octanol–water partition coefficient (Wildman–Crippen LogP) is 3.13. The van der Waals surface area contributed by atoms with E-state index in [0.717, 1.165) is 24.4 Å². The number of hydrogen-bond acceptors (Lipinski definition) is 3. The molecule has 0 saturated heterocycles. The number of imidazole rings is 1. The van der Waals surface area contributed by atoms with E-state index in [2.05, 4.69) is 14.9 Å². The smallest absolute Gasteiger partial charge is 0.287 e. The van der Waals surface area contributed by atoms with Crippen molar-refractivity contribution in [1.29, 1.82) is 0 Å². The van der Waals surface area contributed by atoms with Crippen LogP contribution in [0.1, 0.15) is 34.1 Å². The Bertz CT molecular complexity index is 941. The fraction of sp³-hybridized carbons (Fsp3) is 0.333. The lowest BCUT2D eigenvalue weighted by atomic mass is 10.1. The monoisotopic (exact) mass is 327 g/mol. The molecule has 0 radical (unpaired) electrons. The fourth-order valence-electron chi connectivity index (χ4n) is 3.38. The van der Waals surface area contributed by atoms with E-state index in [-0.39, 0.29) is 23.3 Å². The Hall–Kier alpha value is -2.63. The van der Waals surface area contributed by atoms with Crippen molar-refractivity contribution < 1.29 is 13.6 Å². The Morgan fingerprint density at radius 1 is 1.42 bits per heavy atom. The zero-order valence-corrected chi connectivity index (χ0v) is 13.6. The minimum absolute atomic E-state index is 0.0102. The molecule has 6 heteroatoms. The molecule has 1 amide bonds. The number of fused-ring (bicyclic) bond motifs is 2. The van der Waals surface area contributed by atoms with Crippen LogP contribution in [0.5, 0.6) is 0 Å². The van der Waals surface area contributed by atoms with Gasteiger partial charge < -0.3 is 14.3 Å². The van der Waals surface area contributed by atoms with Crippen LogP contribution in [0.2, 0.25) is 0 Å². The largest absolute Gasteiger partial charge is 0.448 e. The summed E-state index contributed by atoms with van der Waals surface area (Å²) in [4.78, 5) is 17.0. The lowest BCUT2D eigenvalue weighted by Crippen LogP contribution is -2.41. The number of carbonyl (C=O) groups is 1.